The van der Waals surface area contributed by atoms with Crippen molar-refractivity contribution in [1.82, 2.24) is 4.37 Å². The summed E-state index contributed by atoms with van der Waals surface area (Å²) >= 11 is 1.11. The van der Waals surface area contributed by atoms with Crippen LogP contribution in [0.3, 0.4) is 0 Å². The molecule has 0 saturated heterocycles. The molecule has 8 heteroatoms. The smallest absolute Gasteiger partial charge is 0.344 e. The number of rotatable bonds is 7. The fraction of sp³-hybridized carbons (Fsp3) is 0.600. The number of ether oxygens (including phenoxy) is 3. The average Bonchev–Trinajstić information content (AvgIpc) is 2.74. The highest BCUT2D eigenvalue weighted by molar-refractivity contribution is 7.11. The summed E-state index contributed by atoms with van der Waals surface area (Å²) in [7, 11) is 4.48. The summed E-state index contributed by atoms with van der Waals surface area (Å²) in [6, 6.07) is 0. The third kappa shape index (κ3) is 3.56. The molecule has 0 fully saturated rings. The number of carbonyl (C=O) groups excluding carboxylic acids is 1. The van der Waals surface area contributed by atoms with Gasteiger partial charge in [0.15, 0.2) is 5.82 Å². The molecule has 0 amide bonds. The Hall–Kier alpha value is -1.38. The quantitative estimate of drug-likeness (QED) is 0.703. The molecule has 102 valence electrons. The van der Waals surface area contributed by atoms with Gasteiger partial charge in [0.2, 0.25) is 0 Å². The van der Waals surface area contributed by atoms with Crippen LogP contribution in [0.4, 0.5) is 10.8 Å². The highest BCUT2D eigenvalue weighted by Gasteiger charge is 2.20. The van der Waals surface area contributed by atoms with Crippen LogP contribution in [0.5, 0.6) is 0 Å². The van der Waals surface area contributed by atoms with Gasteiger partial charge in [0.05, 0.1) is 19.8 Å². The summed E-state index contributed by atoms with van der Waals surface area (Å²) in [5, 5.41) is 3.62. The van der Waals surface area contributed by atoms with Gasteiger partial charge in [0, 0.05) is 20.8 Å². The Bertz CT molecular complexity index is 396. The first-order chi connectivity index (χ1) is 8.63. The van der Waals surface area contributed by atoms with Crippen LogP contribution in [-0.4, -0.2) is 50.9 Å². The second kappa shape index (κ2) is 7.14. The zero-order valence-electron chi connectivity index (χ0n) is 10.6. The lowest BCUT2D eigenvalue weighted by molar-refractivity contribution is 0.0365. The summed E-state index contributed by atoms with van der Waals surface area (Å²) < 4.78 is 18.8. The minimum absolute atomic E-state index is 0.121. The van der Waals surface area contributed by atoms with Gasteiger partial charge in [-0.05, 0) is 11.5 Å². The van der Waals surface area contributed by atoms with Crippen LogP contribution in [-0.2, 0) is 14.2 Å². The van der Waals surface area contributed by atoms with E-state index in [0.29, 0.717) is 18.2 Å². The van der Waals surface area contributed by atoms with E-state index < -0.39 is 5.97 Å². The maximum atomic E-state index is 11.5. The molecule has 0 aromatic carbocycles. The van der Waals surface area contributed by atoms with Gasteiger partial charge < -0.3 is 25.3 Å². The number of nitrogens with zero attached hydrogens (tertiary/aromatic N) is 1. The summed E-state index contributed by atoms with van der Waals surface area (Å²) in [5.41, 5.74) is 5.88. The molecule has 0 aliphatic heterocycles. The van der Waals surface area contributed by atoms with Gasteiger partial charge >= 0.3 is 5.97 Å². The Morgan fingerprint density at radius 1 is 1.50 bits per heavy atom. The van der Waals surface area contributed by atoms with E-state index in [1.54, 1.807) is 14.2 Å². The Morgan fingerprint density at radius 3 is 2.78 bits per heavy atom. The standard InChI is InChI=1S/C10H17N3O4S/c1-15-5-6(16-2)4-12-9-7(10(14)17-3)8(11)13-18-9/h6,12H,4-5H2,1-3H3,(H2,11,13). The first-order valence-electron chi connectivity index (χ1n) is 5.23. The third-order valence-corrected chi connectivity index (χ3v) is 3.10. The second-order valence-electron chi connectivity index (χ2n) is 3.46. The van der Waals surface area contributed by atoms with Crippen molar-refractivity contribution in [2.75, 3.05) is 45.5 Å². The van der Waals surface area contributed by atoms with E-state index in [4.69, 9.17) is 15.2 Å². The number of nitrogen functional groups attached to an aromatic ring is 1. The van der Waals surface area contributed by atoms with E-state index in [1.807, 2.05) is 0 Å². The van der Waals surface area contributed by atoms with E-state index in [9.17, 15) is 4.79 Å². The minimum Gasteiger partial charge on any atom is -0.465 e. The Kier molecular flexibility index (Phi) is 5.83. The topological polar surface area (TPSA) is 95.7 Å². The molecule has 7 nitrogen and oxygen atoms in total. The van der Waals surface area contributed by atoms with Gasteiger partial charge in [-0.2, -0.15) is 4.37 Å². The van der Waals surface area contributed by atoms with Crippen LogP contribution < -0.4 is 11.1 Å². The average molecular weight is 275 g/mol. The van der Waals surface area contributed by atoms with Crippen LogP contribution in [0.1, 0.15) is 10.4 Å². The molecular weight excluding hydrogens is 258 g/mol. The molecule has 1 atom stereocenters. The molecule has 1 heterocycles. The van der Waals surface area contributed by atoms with E-state index in [-0.39, 0.29) is 17.5 Å². The summed E-state index contributed by atoms with van der Waals surface area (Å²) in [4.78, 5) is 11.5. The maximum absolute atomic E-state index is 11.5. The summed E-state index contributed by atoms with van der Waals surface area (Å²) in [6.07, 6.45) is -0.121. The SMILES string of the molecule is COCC(CNc1snc(N)c1C(=O)OC)OC. The Morgan fingerprint density at radius 2 is 2.22 bits per heavy atom. The molecule has 1 unspecified atom stereocenters. The fourth-order valence-electron chi connectivity index (χ4n) is 1.33. The predicted molar refractivity (Wildman–Crippen MR) is 69.0 cm³/mol. The van der Waals surface area contributed by atoms with Gasteiger partial charge in [-0.15, -0.1) is 0 Å². The largest absolute Gasteiger partial charge is 0.465 e. The Labute approximate surface area is 109 Å². The van der Waals surface area contributed by atoms with E-state index in [1.165, 1.54) is 7.11 Å². The molecule has 0 bridgehead atoms. The van der Waals surface area contributed by atoms with E-state index >= 15 is 0 Å². The summed E-state index contributed by atoms with van der Waals surface area (Å²) in [5.74, 6) is -0.348. The second-order valence-corrected chi connectivity index (χ2v) is 4.23. The molecule has 1 aromatic heterocycles. The normalized spacial score (nSPS) is 12.2. The van der Waals surface area contributed by atoms with Crippen molar-refractivity contribution in [2.45, 2.75) is 6.10 Å². The van der Waals surface area contributed by atoms with Gasteiger partial charge in [0.25, 0.3) is 0 Å². The predicted octanol–water partition coefficient (Wildman–Crippen LogP) is 0.585. The molecule has 3 N–H and O–H groups in total. The number of nitrogens with two attached hydrogens (primary N) is 1. The number of carbonyl (C=O) groups is 1. The number of anilines is 2. The monoisotopic (exact) mass is 275 g/mol. The van der Waals surface area contributed by atoms with Crippen molar-refractivity contribution >= 4 is 28.3 Å². The fourth-order valence-corrected chi connectivity index (χ4v) is 2.03. The van der Waals surface area contributed by atoms with Crippen LogP contribution in [0, 0.1) is 0 Å². The zero-order valence-corrected chi connectivity index (χ0v) is 11.4. The van der Waals surface area contributed by atoms with E-state index in [2.05, 4.69) is 14.4 Å². The van der Waals surface area contributed by atoms with Crippen LogP contribution in [0.15, 0.2) is 0 Å². The van der Waals surface area contributed by atoms with Crippen LogP contribution in [0.2, 0.25) is 0 Å². The third-order valence-electron chi connectivity index (χ3n) is 2.28. The molecule has 0 aliphatic carbocycles. The number of hydrogen-bond acceptors (Lipinski definition) is 8. The van der Waals surface area contributed by atoms with Crippen LogP contribution in [0.25, 0.3) is 0 Å². The Balaban J connectivity index is 2.70. The number of nitrogens with one attached hydrogen (secondary N) is 1. The minimum atomic E-state index is -0.510. The molecule has 0 saturated carbocycles. The van der Waals surface area contributed by atoms with E-state index in [0.717, 1.165) is 11.5 Å². The number of aromatic nitrogens is 1. The molecule has 0 spiro atoms. The van der Waals surface area contributed by atoms with Gasteiger partial charge in [-0.25, -0.2) is 4.79 Å². The molecule has 18 heavy (non-hydrogen) atoms. The van der Waals surface area contributed by atoms with Crippen molar-refractivity contribution < 1.29 is 19.0 Å². The van der Waals surface area contributed by atoms with Gasteiger partial charge in [-0.1, -0.05) is 0 Å². The van der Waals surface area contributed by atoms with Crippen molar-refractivity contribution in [2.24, 2.45) is 0 Å². The van der Waals surface area contributed by atoms with Crippen molar-refractivity contribution in [3.8, 4) is 0 Å². The molecule has 1 rings (SSSR count). The lowest BCUT2D eigenvalue weighted by Gasteiger charge is -2.15. The molecular formula is C10H17N3O4S. The van der Waals surface area contributed by atoms with Crippen LogP contribution >= 0.6 is 11.5 Å². The number of esters is 1. The first-order valence-corrected chi connectivity index (χ1v) is 6.00. The first kappa shape index (κ1) is 14.7. The number of methoxy groups -OCH3 is 3. The highest BCUT2D eigenvalue weighted by atomic mass is 32.1. The maximum Gasteiger partial charge on any atom is 0.344 e. The number of hydrogen-bond donors (Lipinski definition) is 2. The van der Waals surface area contributed by atoms with Crippen molar-refractivity contribution in [1.29, 1.82) is 0 Å². The summed E-state index contributed by atoms with van der Waals surface area (Å²) in [6.45, 7) is 0.932. The van der Waals surface area contributed by atoms with Crippen molar-refractivity contribution in [3.63, 3.8) is 0 Å². The van der Waals surface area contributed by atoms with Gasteiger partial charge in [0.1, 0.15) is 10.6 Å². The lowest BCUT2D eigenvalue weighted by atomic mass is 10.3. The molecule has 0 aliphatic rings. The molecule has 0 radical (unpaired) electrons. The van der Waals surface area contributed by atoms with Gasteiger partial charge in [-0.3, -0.25) is 0 Å². The lowest BCUT2D eigenvalue weighted by Crippen LogP contribution is -2.26. The zero-order chi connectivity index (χ0) is 13.5. The highest BCUT2D eigenvalue weighted by Crippen LogP contribution is 2.27. The van der Waals surface area contributed by atoms with Crippen molar-refractivity contribution in [3.05, 3.63) is 5.56 Å². The molecule has 1 aromatic rings.